The van der Waals surface area contributed by atoms with Gasteiger partial charge in [-0.25, -0.2) is 0 Å². The molecule has 0 radical (unpaired) electrons. The fraction of sp³-hybridized carbons (Fsp3) is 0.500. The molecule has 0 saturated carbocycles. The highest BCUT2D eigenvalue weighted by atomic mass is 16.2. The van der Waals surface area contributed by atoms with Crippen LogP contribution in [0.4, 0.5) is 5.69 Å². The smallest absolute Gasteiger partial charge is 0.248 e. The van der Waals surface area contributed by atoms with Gasteiger partial charge in [0, 0.05) is 17.7 Å². The lowest BCUT2D eigenvalue weighted by molar-refractivity contribution is -0.117. The van der Waals surface area contributed by atoms with Gasteiger partial charge in [0.1, 0.15) is 0 Å². The Morgan fingerprint density at radius 2 is 1.95 bits per heavy atom. The van der Waals surface area contributed by atoms with E-state index in [1.165, 1.54) is 0 Å². The Morgan fingerprint density at radius 1 is 1.29 bits per heavy atom. The molecule has 0 spiro atoms. The van der Waals surface area contributed by atoms with Crippen molar-refractivity contribution in [3.8, 4) is 0 Å². The molecule has 0 saturated heterocycles. The Kier molecular flexibility index (Phi) is 6.37. The van der Waals surface area contributed by atoms with Crippen LogP contribution in [0.2, 0.25) is 0 Å². The SMILES string of the molecule is Cc1cc(C(N)=O)ccc1NC(=O)C[C@@H](CN)CC(C)C. The van der Waals surface area contributed by atoms with Gasteiger partial charge in [-0.3, -0.25) is 9.59 Å². The lowest BCUT2D eigenvalue weighted by Crippen LogP contribution is -2.23. The highest BCUT2D eigenvalue weighted by Crippen LogP contribution is 2.19. The minimum absolute atomic E-state index is 0.0546. The van der Waals surface area contributed by atoms with Gasteiger partial charge in [0.2, 0.25) is 11.8 Å². The summed E-state index contributed by atoms with van der Waals surface area (Å²) in [5, 5.41) is 2.87. The van der Waals surface area contributed by atoms with Gasteiger partial charge >= 0.3 is 0 Å². The summed E-state index contributed by atoms with van der Waals surface area (Å²) < 4.78 is 0. The maximum absolute atomic E-state index is 12.1. The van der Waals surface area contributed by atoms with Crippen LogP contribution in [0.1, 0.15) is 42.6 Å². The monoisotopic (exact) mass is 291 g/mol. The summed E-state index contributed by atoms with van der Waals surface area (Å²) >= 11 is 0. The molecule has 0 aliphatic carbocycles. The normalized spacial score (nSPS) is 12.2. The van der Waals surface area contributed by atoms with Crippen LogP contribution < -0.4 is 16.8 Å². The topological polar surface area (TPSA) is 98.2 Å². The molecule has 0 aromatic heterocycles. The second-order valence-corrected chi connectivity index (χ2v) is 5.88. The van der Waals surface area contributed by atoms with Crippen molar-refractivity contribution in [2.75, 3.05) is 11.9 Å². The quantitative estimate of drug-likeness (QED) is 0.717. The van der Waals surface area contributed by atoms with Crippen LogP contribution in [0.15, 0.2) is 18.2 Å². The largest absolute Gasteiger partial charge is 0.366 e. The third-order valence-electron chi connectivity index (χ3n) is 3.40. The average molecular weight is 291 g/mol. The van der Waals surface area contributed by atoms with Crippen LogP contribution in [0.5, 0.6) is 0 Å². The Bertz CT molecular complexity index is 512. The molecule has 1 aromatic rings. The number of hydrogen-bond acceptors (Lipinski definition) is 3. The van der Waals surface area contributed by atoms with Gasteiger partial charge in [-0.05, 0) is 55.5 Å². The molecule has 1 rings (SSSR count). The first-order chi connectivity index (χ1) is 9.83. The molecule has 5 N–H and O–H groups in total. The van der Waals surface area contributed by atoms with Crippen molar-refractivity contribution in [3.63, 3.8) is 0 Å². The van der Waals surface area contributed by atoms with E-state index in [9.17, 15) is 9.59 Å². The first kappa shape index (κ1) is 17.2. The number of anilines is 1. The van der Waals surface area contributed by atoms with Gasteiger partial charge in [-0.15, -0.1) is 0 Å². The summed E-state index contributed by atoms with van der Waals surface area (Å²) in [5.41, 5.74) is 12.9. The molecule has 5 heteroatoms. The second-order valence-electron chi connectivity index (χ2n) is 5.88. The molecule has 0 unspecified atom stereocenters. The highest BCUT2D eigenvalue weighted by Gasteiger charge is 2.15. The summed E-state index contributed by atoms with van der Waals surface area (Å²) in [7, 11) is 0. The summed E-state index contributed by atoms with van der Waals surface area (Å²) in [5.74, 6) is 0.176. The Balaban J connectivity index is 2.68. The van der Waals surface area contributed by atoms with E-state index in [1.807, 2.05) is 6.92 Å². The number of nitrogens with one attached hydrogen (secondary N) is 1. The molecule has 0 aliphatic heterocycles. The fourth-order valence-electron chi connectivity index (χ4n) is 2.35. The molecule has 2 amide bonds. The van der Waals surface area contributed by atoms with E-state index in [2.05, 4.69) is 19.2 Å². The van der Waals surface area contributed by atoms with Crippen LogP contribution >= 0.6 is 0 Å². The summed E-state index contributed by atoms with van der Waals surface area (Å²) in [6, 6.07) is 4.99. The van der Waals surface area contributed by atoms with Crippen molar-refractivity contribution in [2.45, 2.75) is 33.6 Å². The van der Waals surface area contributed by atoms with E-state index < -0.39 is 5.91 Å². The van der Waals surface area contributed by atoms with E-state index in [4.69, 9.17) is 11.5 Å². The predicted molar refractivity (Wildman–Crippen MR) is 84.9 cm³/mol. The predicted octanol–water partition coefficient (Wildman–Crippen LogP) is 2.04. The van der Waals surface area contributed by atoms with E-state index in [1.54, 1.807) is 18.2 Å². The van der Waals surface area contributed by atoms with E-state index in [-0.39, 0.29) is 11.8 Å². The van der Waals surface area contributed by atoms with Crippen molar-refractivity contribution in [1.82, 2.24) is 0 Å². The van der Waals surface area contributed by atoms with Crippen molar-refractivity contribution in [2.24, 2.45) is 23.3 Å². The Labute approximate surface area is 126 Å². The molecular weight excluding hydrogens is 266 g/mol. The van der Waals surface area contributed by atoms with Crippen molar-refractivity contribution in [3.05, 3.63) is 29.3 Å². The second kappa shape index (κ2) is 7.78. The van der Waals surface area contributed by atoms with Crippen molar-refractivity contribution < 1.29 is 9.59 Å². The Hall–Kier alpha value is -1.88. The molecule has 116 valence electrons. The third-order valence-corrected chi connectivity index (χ3v) is 3.40. The van der Waals surface area contributed by atoms with Crippen LogP contribution in [0.3, 0.4) is 0 Å². The molecule has 0 bridgehead atoms. The van der Waals surface area contributed by atoms with Gasteiger partial charge in [0.25, 0.3) is 0 Å². The maximum atomic E-state index is 12.1. The maximum Gasteiger partial charge on any atom is 0.248 e. The number of carbonyl (C=O) groups is 2. The minimum atomic E-state index is -0.476. The van der Waals surface area contributed by atoms with Gasteiger partial charge in [-0.1, -0.05) is 13.8 Å². The van der Waals surface area contributed by atoms with Crippen LogP contribution in [-0.2, 0) is 4.79 Å². The number of aryl methyl sites for hydroxylation is 1. The molecule has 5 nitrogen and oxygen atoms in total. The molecule has 0 heterocycles. The van der Waals surface area contributed by atoms with Gasteiger partial charge in [-0.2, -0.15) is 0 Å². The van der Waals surface area contributed by atoms with Crippen LogP contribution in [-0.4, -0.2) is 18.4 Å². The lowest BCUT2D eigenvalue weighted by atomic mass is 9.94. The number of hydrogen-bond donors (Lipinski definition) is 3. The first-order valence-electron chi connectivity index (χ1n) is 7.23. The number of amides is 2. The molecule has 1 aromatic carbocycles. The van der Waals surface area contributed by atoms with E-state index >= 15 is 0 Å². The zero-order chi connectivity index (χ0) is 16.0. The van der Waals surface area contributed by atoms with E-state index in [0.717, 1.165) is 12.0 Å². The first-order valence-corrected chi connectivity index (χ1v) is 7.23. The summed E-state index contributed by atoms with van der Waals surface area (Å²) in [6.07, 6.45) is 1.34. The molecule has 1 atom stereocenters. The fourth-order valence-corrected chi connectivity index (χ4v) is 2.35. The number of primary amides is 1. The molecule has 0 fully saturated rings. The summed E-state index contributed by atoms with van der Waals surface area (Å²) in [6.45, 7) is 6.57. The van der Waals surface area contributed by atoms with Crippen molar-refractivity contribution in [1.29, 1.82) is 0 Å². The number of carbonyl (C=O) groups excluding carboxylic acids is 2. The van der Waals surface area contributed by atoms with Crippen molar-refractivity contribution >= 4 is 17.5 Å². The minimum Gasteiger partial charge on any atom is -0.366 e. The van der Waals surface area contributed by atoms with Gasteiger partial charge in [0.15, 0.2) is 0 Å². The average Bonchev–Trinajstić information content (AvgIpc) is 2.39. The molecule has 21 heavy (non-hydrogen) atoms. The van der Waals surface area contributed by atoms with Crippen LogP contribution in [0, 0.1) is 18.8 Å². The summed E-state index contributed by atoms with van der Waals surface area (Å²) in [4.78, 5) is 23.2. The standard InChI is InChI=1S/C16H25N3O2/c1-10(2)6-12(9-17)8-15(20)19-14-5-4-13(16(18)21)7-11(14)3/h4-5,7,10,12H,6,8-9,17H2,1-3H3,(H2,18,21)(H,19,20)/t12-/m0/s1. The zero-order valence-electron chi connectivity index (χ0n) is 13.0. The number of benzene rings is 1. The molecule has 0 aliphatic rings. The van der Waals surface area contributed by atoms with Gasteiger partial charge < -0.3 is 16.8 Å². The van der Waals surface area contributed by atoms with Gasteiger partial charge in [0.05, 0.1) is 0 Å². The third kappa shape index (κ3) is 5.55. The number of rotatable bonds is 7. The lowest BCUT2D eigenvalue weighted by Gasteiger charge is -2.17. The van der Waals surface area contributed by atoms with Crippen LogP contribution in [0.25, 0.3) is 0 Å². The zero-order valence-corrected chi connectivity index (χ0v) is 13.0. The Morgan fingerprint density at radius 3 is 2.43 bits per heavy atom. The van der Waals surface area contributed by atoms with E-state index in [0.29, 0.717) is 30.1 Å². The molecular formula is C16H25N3O2. The number of nitrogens with two attached hydrogens (primary N) is 2. The highest BCUT2D eigenvalue weighted by molar-refractivity contribution is 5.95.